The zero-order valence-corrected chi connectivity index (χ0v) is 10.1. The Morgan fingerprint density at radius 3 is 2.73 bits per heavy atom. The zero-order chi connectivity index (χ0) is 11.4. The second-order valence-corrected chi connectivity index (χ2v) is 5.12. The molecule has 0 amide bonds. The molecule has 1 unspecified atom stereocenters. The molecule has 0 radical (unpaired) electrons. The fraction of sp³-hybridized carbons (Fsp3) is 0.417. The fourth-order valence-corrected chi connectivity index (χ4v) is 2.23. The van der Waals surface area contributed by atoms with E-state index in [1.807, 2.05) is 19.1 Å². The predicted molar refractivity (Wildman–Crippen MR) is 63.7 cm³/mol. The lowest BCUT2D eigenvalue weighted by Gasteiger charge is -2.11. The first kappa shape index (κ1) is 12.1. The Hall–Kier alpha value is -0.960. The van der Waals surface area contributed by atoms with Gasteiger partial charge in [-0.05, 0) is 25.5 Å². The van der Waals surface area contributed by atoms with Crippen molar-refractivity contribution < 1.29 is 9.90 Å². The number of rotatable bonds is 4. The van der Waals surface area contributed by atoms with Crippen LogP contribution in [-0.2, 0) is 0 Å². The highest BCUT2D eigenvalue weighted by Gasteiger charge is 2.12. The van der Waals surface area contributed by atoms with Gasteiger partial charge in [-0.3, -0.25) is 0 Å². The van der Waals surface area contributed by atoms with Gasteiger partial charge in [0.2, 0.25) is 0 Å². The van der Waals surface area contributed by atoms with E-state index in [2.05, 4.69) is 13.8 Å². The molecule has 0 saturated carbocycles. The third-order valence-corrected chi connectivity index (χ3v) is 3.61. The molecule has 0 aromatic heterocycles. The quantitative estimate of drug-likeness (QED) is 0.794. The molecule has 0 spiro atoms. The number of carboxylic acids is 1. The number of benzene rings is 1. The molecule has 0 heterocycles. The molecule has 0 aliphatic rings. The SMILES string of the molecule is CCC(C)Sc1ccc(C)cc1C(=O)O. The van der Waals surface area contributed by atoms with Crippen molar-refractivity contribution >= 4 is 17.7 Å². The number of hydrogen-bond acceptors (Lipinski definition) is 2. The van der Waals surface area contributed by atoms with Crippen LogP contribution in [0.15, 0.2) is 23.1 Å². The summed E-state index contributed by atoms with van der Waals surface area (Å²) in [6.45, 7) is 6.12. The highest BCUT2D eigenvalue weighted by molar-refractivity contribution is 8.00. The normalized spacial score (nSPS) is 12.5. The molecule has 2 nitrogen and oxygen atoms in total. The number of aryl methyl sites for hydroxylation is 1. The van der Waals surface area contributed by atoms with Gasteiger partial charge in [0, 0.05) is 10.1 Å². The number of aromatic carboxylic acids is 1. The van der Waals surface area contributed by atoms with Crippen LogP contribution in [0, 0.1) is 6.92 Å². The maximum atomic E-state index is 11.0. The number of carboxylic acid groups (broad SMARTS) is 1. The number of carbonyl (C=O) groups is 1. The highest BCUT2D eigenvalue weighted by atomic mass is 32.2. The van der Waals surface area contributed by atoms with Crippen molar-refractivity contribution in [3.05, 3.63) is 29.3 Å². The van der Waals surface area contributed by atoms with Crippen molar-refractivity contribution in [1.29, 1.82) is 0 Å². The molecular formula is C12H16O2S. The topological polar surface area (TPSA) is 37.3 Å². The summed E-state index contributed by atoms with van der Waals surface area (Å²) >= 11 is 1.63. The van der Waals surface area contributed by atoms with Crippen LogP contribution in [0.5, 0.6) is 0 Å². The van der Waals surface area contributed by atoms with Gasteiger partial charge >= 0.3 is 5.97 Å². The smallest absolute Gasteiger partial charge is 0.336 e. The molecule has 0 bridgehead atoms. The lowest BCUT2D eigenvalue weighted by Crippen LogP contribution is -2.02. The molecule has 3 heteroatoms. The number of thioether (sulfide) groups is 1. The fourth-order valence-electron chi connectivity index (χ4n) is 1.21. The van der Waals surface area contributed by atoms with Gasteiger partial charge < -0.3 is 5.11 Å². The first-order valence-electron chi connectivity index (χ1n) is 5.05. The van der Waals surface area contributed by atoms with Crippen LogP contribution in [0.1, 0.15) is 36.2 Å². The summed E-state index contributed by atoms with van der Waals surface area (Å²) in [6, 6.07) is 5.58. The van der Waals surface area contributed by atoms with E-state index in [4.69, 9.17) is 5.11 Å². The van der Waals surface area contributed by atoms with Gasteiger partial charge in [0.1, 0.15) is 0 Å². The molecule has 0 fully saturated rings. The largest absolute Gasteiger partial charge is 0.478 e. The van der Waals surface area contributed by atoms with Gasteiger partial charge in [-0.2, -0.15) is 0 Å². The van der Waals surface area contributed by atoms with Gasteiger partial charge in [0.15, 0.2) is 0 Å². The van der Waals surface area contributed by atoms with E-state index in [0.717, 1.165) is 16.9 Å². The Balaban J connectivity index is 3.01. The summed E-state index contributed by atoms with van der Waals surface area (Å²) in [7, 11) is 0. The Kier molecular flexibility index (Phi) is 4.21. The minimum absolute atomic E-state index is 0.417. The van der Waals surface area contributed by atoms with Crippen molar-refractivity contribution in [2.24, 2.45) is 0 Å². The highest BCUT2D eigenvalue weighted by Crippen LogP contribution is 2.28. The molecule has 82 valence electrons. The molecule has 1 atom stereocenters. The minimum atomic E-state index is -0.843. The summed E-state index contributed by atoms with van der Waals surface area (Å²) in [5.74, 6) is -0.843. The predicted octanol–water partition coefficient (Wildman–Crippen LogP) is 3.58. The molecule has 1 aromatic rings. The van der Waals surface area contributed by atoms with Crippen LogP contribution in [0.4, 0.5) is 0 Å². The summed E-state index contributed by atoms with van der Waals surface area (Å²) in [4.78, 5) is 11.9. The summed E-state index contributed by atoms with van der Waals surface area (Å²) in [6.07, 6.45) is 1.04. The van der Waals surface area contributed by atoms with Crippen LogP contribution in [0.2, 0.25) is 0 Å². The molecule has 0 aliphatic heterocycles. The molecule has 1 rings (SSSR count). The van der Waals surface area contributed by atoms with E-state index in [1.54, 1.807) is 17.8 Å². The van der Waals surface area contributed by atoms with Gasteiger partial charge in [0.05, 0.1) is 5.56 Å². The van der Waals surface area contributed by atoms with Gasteiger partial charge in [-0.1, -0.05) is 25.5 Å². The van der Waals surface area contributed by atoms with E-state index in [0.29, 0.717) is 10.8 Å². The molecule has 15 heavy (non-hydrogen) atoms. The number of hydrogen-bond donors (Lipinski definition) is 1. The molecule has 0 saturated heterocycles. The van der Waals surface area contributed by atoms with E-state index < -0.39 is 5.97 Å². The lowest BCUT2D eigenvalue weighted by molar-refractivity contribution is 0.0693. The van der Waals surface area contributed by atoms with Crippen molar-refractivity contribution in [3.63, 3.8) is 0 Å². The van der Waals surface area contributed by atoms with Crippen LogP contribution < -0.4 is 0 Å². The van der Waals surface area contributed by atoms with Crippen LogP contribution in [0.3, 0.4) is 0 Å². The van der Waals surface area contributed by atoms with Gasteiger partial charge in [-0.25, -0.2) is 4.79 Å². The Bertz CT molecular complexity index is 361. The molecule has 1 aromatic carbocycles. The Morgan fingerprint density at radius 2 is 2.20 bits per heavy atom. The maximum Gasteiger partial charge on any atom is 0.336 e. The summed E-state index contributed by atoms with van der Waals surface area (Å²) < 4.78 is 0. The average molecular weight is 224 g/mol. The maximum absolute atomic E-state index is 11.0. The monoisotopic (exact) mass is 224 g/mol. The summed E-state index contributed by atoms with van der Waals surface area (Å²) in [5, 5.41) is 9.51. The van der Waals surface area contributed by atoms with E-state index in [-0.39, 0.29) is 0 Å². The van der Waals surface area contributed by atoms with Crippen LogP contribution >= 0.6 is 11.8 Å². The third-order valence-electron chi connectivity index (χ3n) is 2.27. The molecular weight excluding hydrogens is 208 g/mol. The van der Waals surface area contributed by atoms with Crippen LogP contribution in [-0.4, -0.2) is 16.3 Å². The minimum Gasteiger partial charge on any atom is -0.478 e. The Morgan fingerprint density at radius 1 is 1.53 bits per heavy atom. The summed E-state index contributed by atoms with van der Waals surface area (Å²) in [5.41, 5.74) is 1.40. The first-order chi connectivity index (χ1) is 7.04. The second-order valence-electron chi connectivity index (χ2n) is 3.64. The van der Waals surface area contributed by atoms with Crippen LogP contribution in [0.25, 0.3) is 0 Å². The van der Waals surface area contributed by atoms with Gasteiger partial charge in [-0.15, -0.1) is 11.8 Å². The van der Waals surface area contributed by atoms with Crippen molar-refractivity contribution in [3.8, 4) is 0 Å². The van der Waals surface area contributed by atoms with Crippen molar-refractivity contribution in [2.75, 3.05) is 0 Å². The Labute approximate surface area is 94.7 Å². The standard InChI is InChI=1S/C12H16O2S/c1-4-9(3)15-11-6-5-8(2)7-10(11)12(13)14/h5-7,9H,4H2,1-3H3,(H,13,14). The van der Waals surface area contributed by atoms with E-state index >= 15 is 0 Å². The lowest BCUT2D eigenvalue weighted by atomic mass is 10.1. The third kappa shape index (κ3) is 3.27. The van der Waals surface area contributed by atoms with E-state index in [1.165, 1.54) is 0 Å². The second kappa shape index (κ2) is 5.21. The average Bonchev–Trinajstić information content (AvgIpc) is 2.20. The molecule has 1 N–H and O–H groups in total. The molecule has 0 aliphatic carbocycles. The van der Waals surface area contributed by atoms with E-state index in [9.17, 15) is 4.79 Å². The first-order valence-corrected chi connectivity index (χ1v) is 5.93. The zero-order valence-electron chi connectivity index (χ0n) is 9.28. The van der Waals surface area contributed by atoms with Gasteiger partial charge in [0.25, 0.3) is 0 Å². The van der Waals surface area contributed by atoms with Crippen molar-refractivity contribution in [1.82, 2.24) is 0 Å². The van der Waals surface area contributed by atoms with Crippen molar-refractivity contribution in [2.45, 2.75) is 37.3 Å².